The van der Waals surface area contributed by atoms with Crippen molar-refractivity contribution in [2.75, 3.05) is 18.6 Å². The Morgan fingerprint density at radius 3 is 2.39 bits per heavy atom. The van der Waals surface area contributed by atoms with E-state index >= 15 is 0 Å². The fourth-order valence-electron chi connectivity index (χ4n) is 1.44. The van der Waals surface area contributed by atoms with Crippen LogP contribution in [0.25, 0.3) is 0 Å². The quantitative estimate of drug-likeness (QED) is 0.597. The number of benzene rings is 1. The molecule has 3 radical (unpaired) electrons. The van der Waals surface area contributed by atoms with Gasteiger partial charge in [0.15, 0.2) is 0 Å². The number of nitrogens with zero attached hydrogens (tertiary/aromatic N) is 1. The molecule has 5 heteroatoms. The first-order chi connectivity index (χ1) is 8.54. The molecule has 0 unspecified atom stereocenters. The summed E-state index contributed by atoms with van der Waals surface area (Å²) in [5.74, 6) is -0.421. The van der Waals surface area contributed by atoms with Crippen LogP contribution in [0.15, 0.2) is 24.3 Å². The van der Waals surface area contributed by atoms with Crippen LogP contribution in [-0.4, -0.2) is 42.0 Å². The van der Waals surface area contributed by atoms with Crippen molar-refractivity contribution < 1.29 is 14.3 Å². The fourth-order valence-corrected chi connectivity index (χ4v) is 1.79. The molecule has 0 bridgehead atoms. The summed E-state index contributed by atoms with van der Waals surface area (Å²) in [5.41, 5.74) is 0.828. The molecule has 0 N–H and O–H groups in total. The van der Waals surface area contributed by atoms with Gasteiger partial charge in [-0.2, -0.15) is 0 Å². The number of hydrogen-bond donors (Lipinski definition) is 0. The van der Waals surface area contributed by atoms with E-state index in [4.69, 9.17) is 4.74 Å². The van der Waals surface area contributed by atoms with Crippen molar-refractivity contribution in [3.63, 3.8) is 0 Å². The topological polar surface area (TPSA) is 46.6 Å². The second kappa shape index (κ2) is 7.21. The molecule has 1 aromatic rings. The second-order valence-corrected chi connectivity index (χ2v) is 5.02. The van der Waals surface area contributed by atoms with Crippen molar-refractivity contribution in [1.29, 1.82) is 0 Å². The van der Waals surface area contributed by atoms with E-state index in [1.165, 1.54) is 0 Å². The molecule has 0 aliphatic rings. The van der Waals surface area contributed by atoms with Gasteiger partial charge in [0, 0.05) is 0 Å². The molecule has 18 heavy (non-hydrogen) atoms. The molecule has 0 fully saturated rings. The number of amides is 1. The molecule has 0 saturated heterocycles. The number of anilines is 1. The van der Waals surface area contributed by atoms with E-state index < -0.39 is 0 Å². The first kappa shape index (κ1) is 14.8. The van der Waals surface area contributed by atoms with Gasteiger partial charge in [-0.1, -0.05) is 0 Å². The van der Waals surface area contributed by atoms with E-state index in [0.717, 1.165) is 10.1 Å². The third-order valence-corrected chi connectivity index (χ3v) is 3.18. The van der Waals surface area contributed by atoms with Crippen LogP contribution in [0.1, 0.15) is 19.8 Å². The Hall–Kier alpha value is -1.30. The number of esters is 1. The molecule has 1 rings (SSSR count). The number of carbonyl (C=O) groups is 2. The average Bonchev–Trinajstić information content (AvgIpc) is 2.36. The standard InChI is InChI=1S/C13H16GeNO3/c1-3-18-13(17)9-8-12(16)15(2)11-6-4-10(14)5-7-11/h4-7H,3,8-9H2,1-2H3. The monoisotopic (exact) mass is 308 g/mol. The second-order valence-electron chi connectivity index (χ2n) is 3.80. The molecule has 0 spiro atoms. The summed E-state index contributed by atoms with van der Waals surface area (Å²) in [7, 11) is 1.71. The summed E-state index contributed by atoms with van der Waals surface area (Å²) < 4.78 is 5.93. The Kier molecular flexibility index (Phi) is 5.91. The van der Waals surface area contributed by atoms with Crippen molar-refractivity contribution >= 4 is 38.5 Å². The van der Waals surface area contributed by atoms with E-state index in [0.29, 0.717) is 6.61 Å². The Labute approximate surface area is 116 Å². The van der Waals surface area contributed by atoms with Crippen LogP contribution < -0.4 is 9.30 Å². The van der Waals surface area contributed by atoms with Gasteiger partial charge in [-0.05, 0) is 0 Å². The van der Waals surface area contributed by atoms with Gasteiger partial charge in [0.25, 0.3) is 0 Å². The average molecular weight is 307 g/mol. The predicted molar refractivity (Wildman–Crippen MR) is 71.1 cm³/mol. The Balaban J connectivity index is 2.51. The van der Waals surface area contributed by atoms with Crippen LogP contribution in [0, 0.1) is 0 Å². The summed E-state index contributed by atoms with van der Waals surface area (Å²) in [5, 5.41) is 0. The molecular formula is C13H16GeNO3. The van der Waals surface area contributed by atoms with Gasteiger partial charge in [0.2, 0.25) is 0 Å². The number of hydrogen-bond acceptors (Lipinski definition) is 3. The van der Waals surface area contributed by atoms with E-state index in [1.54, 1.807) is 18.9 Å². The maximum atomic E-state index is 11.9. The van der Waals surface area contributed by atoms with Crippen LogP contribution in [0.5, 0.6) is 0 Å². The zero-order chi connectivity index (χ0) is 13.5. The van der Waals surface area contributed by atoms with Crippen molar-refractivity contribution in [2.24, 2.45) is 0 Å². The summed E-state index contributed by atoms with van der Waals surface area (Å²) >= 11 is 1.99. The Bertz CT molecular complexity index is 417. The molecule has 0 atom stereocenters. The summed E-state index contributed by atoms with van der Waals surface area (Å²) in [6, 6.07) is 7.67. The number of ether oxygens (including phenoxy) is 1. The van der Waals surface area contributed by atoms with Gasteiger partial charge in [0.05, 0.1) is 0 Å². The van der Waals surface area contributed by atoms with Gasteiger partial charge in [-0.3, -0.25) is 0 Å². The van der Waals surface area contributed by atoms with Crippen LogP contribution in [0.3, 0.4) is 0 Å². The van der Waals surface area contributed by atoms with Crippen molar-refractivity contribution in [2.45, 2.75) is 19.8 Å². The van der Waals surface area contributed by atoms with Crippen LogP contribution in [-0.2, 0) is 14.3 Å². The third kappa shape index (κ3) is 4.52. The molecular weight excluding hydrogens is 291 g/mol. The normalized spacial score (nSPS) is 9.94. The summed E-state index contributed by atoms with van der Waals surface area (Å²) in [6.45, 7) is 2.10. The molecule has 0 saturated carbocycles. The van der Waals surface area contributed by atoms with Crippen LogP contribution >= 0.6 is 0 Å². The zero-order valence-corrected chi connectivity index (χ0v) is 12.7. The molecule has 0 aromatic heterocycles. The Morgan fingerprint density at radius 2 is 1.83 bits per heavy atom. The van der Waals surface area contributed by atoms with Gasteiger partial charge in [-0.25, -0.2) is 0 Å². The molecule has 1 amide bonds. The van der Waals surface area contributed by atoms with Gasteiger partial charge in [-0.15, -0.1) is 0 Å². The first-order valence-corrected chi connectivity index (χ1v) is 6.83. The molecule has 1 aromatic carbocycles. The predicted octanol–water partition coefficient (Wildman–Crippen LogP) is 0.786. The van der Waals surface area contributed by atoms with Crippen molar-refractivity contribution in [3.05, 3.63) is 24.3 Å². The summed E-state index contributed by atoms with van der Waals surface area (Å²) in [4.78, 5) is 24.6. The number of carbonyl (C=O) groups excluding carboxylic acids is 2. The SMILES string of the molecule is CCOC(=O)CCC(=O)N(C)c1cc[c]([Ge])cc1. The fraction of sp³-hybridized carbons (Fsp3) is 0.385. The molecule has 0 aliphatic carbocycles. The number of rotatable bonds is 5. The van der Waals surface area contributed by atoms with E-state index in [2.05, 4.69) is 0 Å². The first-order valence-electron chi connectivity index (χ1n) is 5.78. The van der Waals surface area contributed by atoms with Gasteiger partial charge in [0.1, 0.15) is 0 Å². The minimum absolute atomic E-state index is 0.0908. The zero-order valence-electron chi connectivity index (χ0n) is 10.6. The molecule has 0 heterocycles. The minimum atomic E-state index is -0.330. The van der Waals surface area contributed by atoms with Crippen molar-refractivity contribution in [3.8, 4) is 0 Å². The van der Waals surface area contributed by atoms with E-state index in [1.807, 2.05) is 40.8 Å². The van der Waals surface area contributed by atoms with Gasteiger partial charge < -0.3 is 0 Å². The molecule has 95 valence electrons. The summed E-state index contributed by atoms with van der Waals surface area (Å²) in [6.07, 6.45) is 0.298. The van der Waals surface area contributed by atoms with E-state index in [9.17, 15) is 9.59 Å². The van der Waals surface area contributed by atoms with E-state index in [-0.39, 0.29) is 24.7 Å². The van der Waals surface area contributed by atoms with Crippen LogP contribution in [0.4, 0.5) is 5.69 Å². The molecule has 0 aliphatic heterocycles. The molecule has 4 nitrogen and oxygen atoms in total. The third-order valence-electron chi connectivity index (χ3n) is 2.48. The maximum absolute atomic E-state index is 11.9. The van der Waals surface area contributed by atoms with Crippen molar-refractivity contribution in [1.82, 2.24) is 0 Å². The van der Waals surface area contributed by atoms with Crippen LogP contribution in [0.2, 0.25) is 0 Å². The van der Waals surface area contributed by atoms with Gasteiger partial charge >= 0.3 is 115 Å². The Morgan fingerprint density at radius 1 is 1.22 bits per heavy atom.